The zero-order chi connectivity index (χ0) is 20.6. The fourth-order valence-electron chi connectivity index (χ4n) is 3.23. The van der Waals surface area contributed by atoms with Gasteiger partial charge in [-0.25, -0.2) is 4.79 Å². The average molecular weight is 404 g/mol. The van der Waals surface area contributed by atoms with Crippen molar-refractivity contribution in [2.45, 2.75) is 62.5 Å². The van der Waals surface area contributed by atoms with Crippen molar-refractivity contribution in [1.82, 2.24) is 9.55 Å². The second kappa shape index (κ2) is 8.39. The lowest BCUT2D eigenvalue weighted by Gasteiger charge is -2.39. The van der Waals surface area contributed by atoms with Crippen LogP contribution in [0.5, 0.6) is 0 Å². The number of aliphatic hydroxyl groups excluding tert-OH is 5. The van der Waals surface area contributed by atoms with Crippen LogP contribution in [0.25, 0.3) is 0 Å². The molecular formula is C16H24N2O10. The molecule has 28 heavy (non-hydrogen) atoms. The van der Waals surface area contributed by atoms with E-state index in [1.54, 1.807) is 0 Å². The summed E-state index contributed by atoms with van der Waals surface area (Å²) in [5, 5.41) is 48.9. The lowest BCUT2D eigenvalue weighted by Crippen LogP contribution is -2.59. The number of H-pyrrole nitrogens is 1. The highest BCUT2D eigenvalue weighted by molar-refractivity contribution is 5.02. The molecule has 2 saturated heterocycles. The molecule has 0 radical (unpaired) electrons. The second-order valence-corrected chi connectivity index (χ2v) is 6.94. The maximum atomic E-state index is 12.0. The molecule has 12 nitrogen and oxygen atoms in total. The molecule has 6 N–H and O–H groups in total. The fraction of sp³-hybridized carbons (Fsp3) is 0.750. The minimum Gasteiger partial charge on any atom is -0.394 e. The summed E-state index contributed by atoms with van der Waals surface area (Å²) in [4.78, 5) is 25.6. The number of nitrogens with zero attached hydrogens (tertiary/aromatic N) is 1. The Morgan fingerprint density at radius 3 is 2.54 bits per heavy atom. The zero-order valence-corrected chi connectivity index (χ0v) is 15.0. The van der Waals surface area contributed by atoms with Crippen molar-refractivity contribution in [3.8, 4) is 0 Å². The largest absolute Gasteiger partial charge is 0.394 e. The summed E-state index contributed by atoms with van der Waals surface area (Å²) in [5.41, 5.74) is -0.885. The van der Waals surface area contributed by atoms with E-state index >= 15 is 0 Å². The average Bonchev–Trinajstić information content (AvgIpc) is 3.02. The number of hydrogen-bond donors (Lipinski definition) is 6. The Morgan fingerprint density at radius 2 is 1.86 bits per heavy atom. The topological polar surface area (TPSA) is 184 Å². The van der Waals surface area contributed by atoms with Gasteiger partial charge in [-0.2, -0.15) is 0 Å². The maximum Gasteiger partial charge on any atom is 0.330 e. The molecule has 12 heteroatoms. The fourth-order valence-corrected chi connectivity index (χ4v) is 3.23. The Labute approximate surface area is 158 Å². The van der Waals surface area contributed by atoms with Crippen LogP contribution in [0.15, 0.2) is 15.8 Å². The Balaban J connectivity index is 1.64. The van der Waals surface area contributed by atoms with Gasteiger partial charge in [0, 0.05) is 18.2 Å². The number of nitrogens with one attached hydrogen (secondary N) is 1. The van der Waals surface area contributed by atoms with E-state index in [4.69, 9.17) is 14.2 Å². The standard InChI is InChI=1S/C16H24N2O10/c1-6-3-18(16(25)17-14(6)24)10-2-7(20)9(27-10)5-26-15-13(23)12(22)11(21)8(4-19)28-15/h3,7-13,15,19-23H,2,4-5H2,1H3,(H,17,24,25)/t7-,8+,9?,10?,11-,12-,13+,15?/m0/s1. The van der Waals surface area contributed by atoms with Gasteiger partial charge >= 0.3 is 5.69 Å². The number of aromatic nitrogens is 2. The summed E-state index contributed by atoms with van der Waals surface area (Å²) in [6, 6.07) is 0. The van der Waals surface area contributed by atoms with Crippen molar-refractivity contribution in [3.05, 3.63) is 32.6 Å². The van der Waals surface area contributed by atoms with Crippen molar-refractivity contribution in [2.75, 3.05) is 13.2 Å². The third kappa shape index (κ3) is 4.04. The summed E-state index contributed by atoms with van der Waals surface area (Å²) in [6.45, 7) is 0.682. The number of aromatic amines is 1. The normalized spacial score (nSPS) is 38.6. The van der Waals surface area contributed by atoms with Crippen LogP contribution in [0, 0.1) is 6.92 Å². The molecule has 3 unspecified atom stereocenters. The lowest BCUT2D eigenvalue weighted by molar-refractivity contribution is -0.306. The van der Waals surface area contributed by atoms with E-state index in [9.17, 15) is 35.1 Å². The van der Waals surface area contributed by atoms with Crippen molar-refractivity contribution < 1.29 is 39.7 Å². The van der Waals surface area contributed by atoms with E-state index in [1.807, 2.05) is 0 Å². The van der Waals surface area contributed by atoms with Gasteiger partial charge in [-0.3, -0.25) is 14.3 Å². The number of aliphatic hydroxyl groups is 5. The predicted octanol–water partition coefficient (Wildman–Crippen LogP) is -3.69. The summed E-state index contributed by atoms with van der Waals surface area (Å²) >= 11 is 0. The van der Waals surface area contributed by atoms with Gasteiger partial charge < -0.3 is 39.7 Å². The Morgan fingerprint density at radius 1 is 1.14 bits per heavy atom. The van der Waals surface area contributed by atoms with Crippen LogP contribution in [0.3, 0.4) is 0 Å². The Kier molecular flexibility index (Phi) is 6.31. The summed E-state index contributed by atoms with van der Waals surface area (Å²) in [7, 11) is 0. The molecule has 0 saturated carbocycles. The van der Waals surface area contributed by atoms with Crippen LogP contribution in [0.1, 0.15) is 18.2 Å². The zero-order valence-electron chi connectivity index (χ0n) is 15.0. The van der Waals surface area contributed by atoms with Gasteiger partial charge in [0.25, 0.3) is 5.56 Å². The SMILES string of the molecule is Cc1cn(C2C[C@H](O)C(COC3O[C@H](CO)[C@H](O)[C@H](O)[C@H]3O)O2)c(=O)[nH]c1=O. The van der Waals surface area contributed by atoms with Gasteiger partial charge in [0.15, 0.2) is 6.29 Å². The number of hydrogen-bond acceptors (Lipinski definition) is 10. The maximum absolute atomic E-state index is 12.0. The molecule has 2 fully saturated rings. The quantitative estimate of drug-likeness (QED) is 0.286. The van der Waals surface area contributed by atoms with Crippen LogP contribution in [-0.2, 0) is 14.2 Å². The van der Waals surface area contributed by atoms with Crippen molar-refractivity contribution >= 4 is 0 Å². The lowest BCUT2D eigenvalue weighted by atomic mass is 9.99. The van der Waals surface area contributed by atoms with Gasteiger partial charge in [-0.15, -0.1) is 0 Å². The van der Waals surface area contributed by atoms with E-state index in [0.717, 1.165) is 4.57 Å². The highest BCUT2D eigenvalue weighted by Crippen LogP contribution is 2.29. The predicted molar refractivity (Wildman–Crippen MR) is 90.3 cm³/mol. The smallest absolute Gasteiger partial charge is 0.330 e. The first-order chi connectivity index (χ1) is 13.2. The highest BCUT2D eigenvalue weighted by Gasteiger charge is 2.45. The molecule has 2 aliphatic heterocycles. The molecule has 0 aliphatic carbocycles. The van der Waals surface area contributed by atoms with E-state index in [1.165, 1.54) is 13.1 Å². The van der Waals surface area contributed by atoms with E-state index in [-0.39, 0.29) is 13.0 Å². The van der Waals surface area contributed by atoms with Crippen LogP contribution in [0.4, 0.5) is 0 Å². The molecule has 1 aromatic rings. The van der Waals surface area contributed by atoms with Crippen LogP contribution in [-0.4, -0.2) is 91.2 Å². The third-order valence-electron chi connectivity index (χ3n) is 4.93. The minimum atomic E-state index is -1.58. The van der Waals surface area contributed by atoms with Crippen molar-refractivity contribution in [3.63, 3.8) is 0 Å². The second-order valence-electron chi connectivity index (χ2n) is 6.94. The van der Waals surface area contributed by atoms with Crippen molar-refractivity contribution in [2.24, 2.45) is 0 Å². The first-order valence-electron chi connectivity index (χ1n) is 8.80. The van der Waals surface area contributed by atoms with Crippen molar-refractivity contribution in [1.29, 1.82) is 0 Å². The Hall–Kier alpha value is -1.64. The molecule has 158 valence electrons. The van der Waals surface area contributed by atoms with Crippen LogP contribution in [0.2, 0.25) is 0 Å². The summed E-state index contributed by atoms with van der Waals surface area (Å²) in [5.74, 6) is 0. The summed E-state index contributed by atoms with van der Waals surface area (Å²) in [6.07, 6.45) is -8.46. The first kappa shape index (κ1) is 21.1. The monoisotopic (exact) mass is 404 g/mol. The number of ether oxygens (including phenoxy) is 3. The minimum absolute atomic E-state index is 0.0636. The molecule has 8 atom stereocenters. The molecule has 0 bridgehead atoms. The van der Waals surface area contributed by atoms with Gasteiger partial charge in [0.05, 0.1) is 19.3 Å². The number of aryl methyl sites for hydroxylation is 1. The third-order valence-corrected chi connectivity index (χ3v) is 4.93. The van der Waals surface area contributed by atoms with E-state index in [0.29, 0.717) is 5.56 Å². The van der Waals surface area contributed by atoms with E-state index < -0.39 is 67.0 Å². The van der Waals surface area contributed by atoms with E-state index in [2.05, 4.69) is 4.98 Å². The molecule has 2 aliphatic rings. The number of rotatable bonds is 5. The van der Waals surface area contributed by atoms with Gasteiger partial charge in [0.2, 0.25) is 0 Å². The first-order valence-corrected chi connectivity index (χ1v) is 8.80. The van der Waals surface area contributed by atoms with Gasteiger partial charge in [-0.05, 0) is 6.92 Å². The molecule has 3 rings (SSSR count). The summed E-state index contributed by atoms with van der Waals surface area (Å²) < 4.78 is 17.4. The molecular weight excluding hydrogens is 380 g/mol. The molecule has 1 aromatic heterocycles. The van der Waals surface area contributed by atoms with Gasteiger partial charge in [-0.1, -0.05) is 0 Å². The molecule has 0 aromatic carbocycles. The molecule has 0 amide bonds. The van der Waals surface area contributed by atoms with Gasteiger partial charge in [0.1, 0.15) is 36.7 Å². The van der Waals surface area contributed by atoms with Crippen LogP contribution >= 0.6 is 0 Å². The molecule has 0 spiro atoms. The van der Waals surface area contributed by atoms with Crippen LogP contribution < -0.4 is 11.2 Å². The highest BCUT2D eigenvalue weighted by atomic mass is 16.7. The molecule has 3 heterocycles. The Bertz CT molecular complexity index is 792.